The summed E-state index contributed by atoms with van der Waals surface area (Å²) in [5, 5.41) is 11.5. The highest BCUT2D eigenvalue weighted by atomic mass is 16.5. The van der Waals surface area contributed by atoms with Crippen molar-refractivity contribution >= 4 is 11.9 Å². The Morgan fingerprint density at radius 3 is 2.60 bits per heavy atom. The zero-order chi connectivity index (χ0) is 18.1. The lowest BCUT2D eigenvalue weighted by molar-refractivity contribution is -0.143. The van der Waals surface area contributed by atoms with E-state index in [-0.39, 0.29) is 13.2 Å². The molecule has 128 valence electrons. The fourth-order valence-electron chi connectivity index (χ4n) is 2.15. The maximum absolute atomic E-state index is 12.2. The van der Waals surface area contributed by atoms with E-state index in [2.05, 4.69) is 5.32 Å². The Morgan fingerprint density at radius 1 is 1.12 bits per heavy atom. The molecule has 2 aromatic rings. The number of nitrogens with one attached hydrogen (secondary N) is 1. The lowest BCUT2D eigenvalue weighted by Gasteiger charge is -2.10. The largest absolute Gasteiger partial charge is 0.493 e. The molecular weight excluding hydrogens is 320 g/mol. The Kier molecular flexibility index (Phi) is 6.55. The first-order chi connectivity index (χ1) is 12.2. The minimum atomic E-state index is -0.588. The van der Waals surface area contributed by atoms with Crippen molar-refractivity contribution in [2.45, 2.75) is 13.5 Å². The lowest BCUT2D eigenvalue weighted by Crippen LogP contribution is -2.30. The summed E-state index contributed by atoms with van der Waals surface area (Å²) >= 11 is 0. The second-order valence-corrected chi connectivity index (χ2v) is 5.04. The molecule has 0 fully saturated rings. The van der Waals surface area contributed by atoms with Crippen LogP contribution in [0.1, 0.15) is 28.4 Å². The van der Waals surface area contributed by atoms with Gasteiger partial charge in [0.2, 0.25) is 0 Å². The van der Waals surface area contributed by atoms with Crippen LogP contribution in [0.5, 0.6) is 5.75 Å². The molecular formula is C19H18N2O4. The van der Waals surface area contributed by atoms with Gasteiger partial charge in [0.05, 0.1) is 23.8 Å². The van der Waals surface area contributed by atoms with E-state index in [4.69, 9.17) is 14.7 Å². The van der Waals surface area contributed by atoms with Gasteiger partial charge in [0.1, 0.15) is 18.9 Å². The van der Waals surface area contributed by atoms with Gasteiger partial charge in [-0.15, -0.1) is 0 Å². The molecule has 0 aliphatic rings. The molecule has 0 heterocycles. The van der Waals surface area contributed by atoms with E-state index < -0.39 is 11.9 Å². The number of benzene rings is 2. The fraction of sp³-hybridized carbons (Fsp3) is 0.211. The van der Waals surface area contributed by atoms with E-state index in [0.717, 1.165) is 0 Å². The van der Waals surface area contributed by atoms with Gasteiger partial charge in [0.25, 0.3) is 5.91 Å². The quantitative estimate of drug-likeness (QED) is 0.783. The van der Waals surface area contributed by atoms with Crippen LogP contribution in [0.3, 0.4) is 0 Å². The van der Waals surface area contributed by atoms with Crippen molar-refractivity contribution < 1.29 is 19.1 Å². The third kappa shape index (κ3) is 5.08. The van der Waals surface area contributed by atoms with Crippen LogP contribution in [0, 0.1) is 11.3 Å². The standard InChI is InChI=1S/C19H18N2O4/c1-2-24-17-10-6-5-9-16(17)19(23)21-12-18(22)25-13-15-8-4-3-7-14(15)11-20/h3-10H,2,12-13H2,1H3,(H,21,23). The second kappa shape index (κ2) is 9.08. The fourth-order valence-corrected chi connectivity index (χ4v) is 2.15. The van der Waals surface area contributed by atoms with E-state index in [1.807, 2.05) is 13.0 Å². The number of hydrogen-bond acceptors (Lipinski definition) is 5. The van der Waals surface area contributed by atoms with Crippen molar-refractivity contribution in [1.29, 1.82) is 5.26 Å². The average molecular weight is 338 g/mol. The molecule has 0 saturated carbocycles. The van der Waals surface area contributed by atoms with Crippen LogP contribution in [0.4, 0.5) is 0 Å². The lowest BCUT2D eigenvalue weighted by atomic mass is 10.1. The SMILES string of the molecule is CCOc1ccccc1C(=O)NCC(=O)OCc1ccccc1C#N. The van der Waals surface area contributed by atoms with Gasteiger partial charge < -0.3 is 14.8 Å². The van der Waals surface area contributed by atoms with Crippen molar-refractivity contribution in [3.05, 3.63) is 65.2 Å². The van der Waals surface area contributed by atoms with Crippen molar-refractivity contribution in [2.75, 3.05) is 13.2 Å². The molecule has 2 rings (SSSR count). The molecule has 0 aliphatic carbocycles. The molecule has 1 amide bonds. The van der Waals surface area contributed by atoms with Crippen molar-refractivity contribution in [3.63, 3.8) is 0 Å². The van der Waals surface area contributed by atoms with E-state index in [0.29, 0.717) is 29.0 Å². The van der Waals surface area contributed by atoms with Crippen molar-refractivity contribution in [3.8, 4) is 11.8 Å². The van der Waals surface area contributed by atoms with Crippen LogP contribution in [0.15, 0.2) is 48.5 Å². The van der Waals surface area contributed by atoms with Gasteiger partial charge in [0.15, 0.2) is 0 Å². The molecule has 25 heavy (non-hydrogen) atoms. The molecule has 0 aliphatic heterocycles. The van der Waals surface area contributed by atoms with Gasteiger partial charge in [-0.2, -0.15) is 5.26 Å². The van der Waals surface area contributed by atoms with E-state index in [9.17, 15) is 9.59 Å². The number of carbonyl (C=O) groups excluding carboxylic acids is 2. The average Bonchev–Trinajstić information content (AvgIpc) is 2.65. The minimum Gasteiger partial charge on any atom is -0.493 e. The number of hydrogen-bond donors (Lipinski definition) is 1. The monoisotopic (exact) mass is 338 g/mol. The summed E-state index contributed by atoms with van der Waals surface area (Å²) in [6, 6.07) is 15.7. The van der Waals surface area contributed by atoms with Gasteiger partial charge in [-0.3, -0.25) is 9.59 Å². The minimum absolute atomic E-state index is 0.0199. The van der Waals surface area contributed by atoms with Gasteiger partial charge in [-0.25, -0.2) is 0 Å². The molecule has 0 radical (unpaired) electrons. The first-order valence-corrected chi connectivity index (χ1v) is 7.79. The molecule has 0 unspecified atom stereocenters. The van der Waals surface area contributed by atoms with Crippen LogP contribution < -0.4 is 10.1 Å². The highest BCUT2D eigenvalue weighted by Crippen LogP contribution is 2.17. The third-order valence-electron chi connectivity index (χ3n) is 3.35. The zero-order valence-corrected chi connectivity index (χ0v) is 13.8. The van der Waals surface area contributed by atoms with E-state index in [1.54, 1.807) is 48.5 Å². The molecule has 0 atom stereocenters. The number of amides is 1. The van der Waals surface area contributed by atoms with Crippen molar-refractivity contribution in [1.82, 2.24) is 5.32 Å². The molecule has 0 bridgehead atoms. The Morgan fingerprint density at radius 2 is 1.84 bits per heavy atom. The predicted molar refractivity (Wildman–Crippen MR) is 90.9 cm³/mol. The normalized spacial score (nSPS) is 9.76. The summed E-state index contributed by atoms with van der Waals surface area (Å²) < 4.78 is 10.5. The molecule has 0 aromatic heterocycles. The van der Waals surface area contributed by atoms with Crippen molar-refractivity contribution in [2.24, 2.45) is 0 Å². The van der Waals surface area contributed by atoms with Gasteiger partial charge in [0, 0.05) is 5.56 Å². The molecule has 1 N–H and O–H groups in total. The molecule has 6 nitrogen and oxygen atoms in total. The first kappa shape index (κ1) is 18.0. The second-order valence-electron chi connectivity index (χ2n) is 5.04. The van der Waals surface area contributed by atoms with E-state index in [1.165, 1.54) is 0 Å². The van der Waals surface area contributed by atoms with Crippen LogP contribution >= 0.6 is 0 Å². The summed E-state index contributed by atoms with van der Waals surface area (Å²) in [4.78, 5) is 24.0. The Labute approximate surface area is 146 Å². The molecule has 0 spiro atoms. The summed E-state index contributed by atoms with van der Waals surface area (Å²) in [7, 11) is 0. The van der Waals surface area contributed by atoms with Crippen LogP contribution in [0.25, 0.3) is 0 Å². The smallest absolute Gasteiger partial charge is 0.325 e. The highest BCUT2D eigenvalue weighted by Gasteiger charge is 2.13. The van der Waals surface area contributed by atoms with Gasteiger partial charge >= 0.3 is 5.97 Å². The van der Waals surface area contributed by atoms with Crippen LogP contribution in [-0.2, 0) is 16.1 Å². The summed E-state index contributed by atoms with van der Waals surface area (Å²) in [6.07, 6.45) is 0. The number of esters is 1. The molecule has 0 saturated heterocycles. The number of nitriles is 1. The Bertz CT molecular complexity index is 796. The Balaban J connectivity index is 1.88. The highest BCUT2D eigenvalue weighted by molar-refractivity contribution is 5.98. The number of nitrogens with zero attached hydrogens (tertiary/aromatic N) is 1. The molecule has 6 heteroatoms. The summed E-state index contributed by atoms with van der Waals surface area (Å²) in [5.74, 6) is -0.549. The van der Waals surface area contributed by atoms with E-state index >= 15 is 0 Å². The maximum Gasteiger partial charge on any atom is 0.325 e. The molecule has 2 aromatic carbocycles. The first-order valence-electron chi connectivity index (χ1n) is 7.79. The maximum atomic E-state index is 12.2. The third-order valence-corrected chi connectivity index (χ3v) is 3.35. The number of para-hydroxylation sites is 1. The Hall–Kier alpha value is -3.33. The summed E-state index contributed by atoms with van der Waals surface area (Å²) in [5.41, 5.74) is 1.42. The summed E-state index contributed by atoms with van der Waals surface area (Å²) in [6.45, 7) is 1.97. The number of carbonyl (C=O) groups is 2. The van der Waals surface area contributed by atoms with Crippen LogP contribution in [0.2, 0.25) is 0 Å². The number of ether oxygens (including phenoxy) is 2. The predicted octanol–water partition coefficient (Wildman–Crippen LogP) is 2.43. The number of rotatable bonds is 7. The van der Waals surface area contributed by atoms with Gasteiger partial charge in [-0.05, 0) is 25.1 Å². The topological polar surface area (TPSA) is 88.4 Å². The van der Waals surface area contributed by atoms with Gasteiger partial charge in [-0.1, -0.05) is 30.3 Å². The zero-order valence-electron chi connectivity index (χ0n) is 13.8. The van der Waals surface area contributed by atoms with Crippen LogP contribution in [-0.4, -0.2) is 25.0 Å².